The number of anilines is 1. The molecule has 0 fully saturated rings. The van der Waals surface area contributed by atoms with Gasteiger partial charge in [-0.3, -0.25) is 9.69 Å². The average molecular weight is 538 g/mol. The van der Waals surface area contributed by atoms with Gasteiger partial charge in [-0.15, -0.1) is 0 Å². The first-order chi connectivity index (χ1) is 18.4. The lowest BCUT2D eigenvalue weighted by atomic mass is 10.2. The van der Waals surface area contributed by atoms with E-state index in [2.05, 4.69) is 4.98 Å². The quantitative estimate of drug-likeness (QED) is 0.229. The third kappa shape index (κ3) is 7.39. The number of para-hydroxylation sites is 2. The molecule has 4 aromatic rings. The Labute approximate surface area is 225 Å². The normalized spacial score (nSPS) is 10.7. The van der Waals surface area contributed by atoms with Crippen LogP contribution < -0.4 is 14.4 Å². The summed E-state index contributed by atoms with van der Waals surface area (Å²) < 4.78 is 22.2. The molecule has 0 aliphatic rings. The van der Waals surface area contributed by atoms with E-state index in [4.69, 9.17) is 30.2 Å². The molecule has 0 spiro atoms. The highest BCUT2D eigenvalue weighted by atomic mass is 35.5. The first-order valence-electron chi connectivity index (χ1n) is 12.1. The summed E-state index contributed by atoms with van der Waals surface area (Å²) in [6.45, 7) is 2.69. The van der Waals surface area contributed by atoms with Gasteiger partial charge in [0.15, 0.2) is 5.58 Å². The van der Waals surface area contributed by atoms with E-state index in [0.717, 1.165) is 16.7 Å². The van der Waals surface area contributed by atoms with Crippen LogP contribution in [0.2, 0.25) is 5.02 Å². The minimum atomic E-state index is -0.688. The second-order valence-corrected chi connectivity index (χ2v) is 8.80. The average Bonchev–Trinajstić information content (AvgIpc) is 3.35. The fraction of sp³-hybridized carbons (Fsp3) is 0.250. The first kappa shape index (κ1) is 26.8. The number of fused-ring (bicyclic) bond motifs is 1. The Morgan fingerprint density at radius 3 is 2.55 bits per heavy atom. The molecule has 0 bridgehead atoms. The fourth-order valence-electron chi connectivity index (χ4n) is 3.59. The van der Waals surface area contributed by atoms with Crippen LogP contribution in [0.25, 0.3) is 11.1 Å². The lowest BCUT2D eigenvalue weighted by molar-refractivity contribution is -0.144. The second-order valence-electron chi connectivity index (χ2n) is 8.36. The third-order valence-corrected chi connectivity index (χ3v) is 5.73. The van der Waals surface area contributed by atoms with Crippen LogP contribution in [0.3, 0.4) is 0 Å². The Balaban J connectivity index is 1.37. The van der Waals surface area contributed by atoms with Crippen LogP contribution in [0, 0.1) is 0 Å². The zero-order valence-corrected chi connectivity index (χ0v) is 21.9. The van der Waals surface area contributed by atoms with Crippen LogP contribution in [0.15, 0.2) is 77.2 Å². The number of esters is 1. The predicted molar refractivity (Wildman–Crippen MR) is 144 cm³/mol. The van der Waals surface area contributed by atoms with Crippen LogP contribution >= 0.6 is 11.6 Å². The van der Waals surface area contributed by atoms with Gasteiger partial charge in [0.05, 0.1) is 13.2 Å². The fourth-order valence-corrected chi connectivity index (χ4v) is 3.71. The monoisotopic (exact) mass is 537 g/mol. The van der Waals surface area contributed by atoms with Gasteiger partial charge in [0.25, 0.3) is 6.01 Å². The van der Waals surface area contributed by atoms with Gasteiger partial charge in [0.2, 0.25) is 0 Å². The van der Waals surface area contributed by atoms with Crippen LogP contribution in [0.4, 0.5) is 10.8 Å². The van der Waals surface area contributed by atoms with Gasteiger partial charge in [-0.05, 0) is 61.0 Å². The van der Waals surface area contributed by atoms with Crippen molar-refractivity contribution in [1.82, 2.24) is 9.88 Å². The zero-order chi connectivity index (χ0) is 26.9. The standard InChI is InChI=1S/C28H28ClN3O6/c1-3-35-26(33)19-32(28(34)37-22-13-11-21(29)12-14-22)18-20-7-6-8-23(17-20)36-16-15-31(2)27-30-24-9-4-5-10-25(24)38-27/h4-14,17H,3,15-16,18-19H2,1-2H3. The Kier molecular flexibility index (Phi) is 9.05. The largest absolute Gasteiger partial charge is 0.492 e. The zero-order valence-electron chi connectivity index (χ0n) is 21.1. The van der Waals surface area contributed by atoms with E-state index in [1.165, 1.54) is 4.90 Å². The molecule has 1 aromatic heterocycles. The number of hydrogen-bond acceptors (Lipinski definition) is 8. The maximum Gasteiger partial charge on any atom is 0.416 e. The molecular weight excluding hydrogens is 510 g/mol. The van der Waals surface area contributed by atoms with E-state index >= 15 is 0 Å². The molecule has 38 heavy (non-hydrogen) atoms. The van der Waals surface area contributed by atoms with E-state index < -0.39 is 12.1 Å². The SMILES string of the molecule is CCOC(=O)CN(Cc1cccc(OCCN(C)c2nc3ccccc3o2)c1)C(=O)Oc1ccc(Cl)cc1. The number of aromatic nitrogens is 1. The lowest BCUT2D eigenvalue weighted by Gasteiger charge is -2.21. The summed E-state index contributed by atoms with van der Waals surface area (Å²) in [6.07, 6.45) is -0.688. The number of amides is 1. The first-order valence-corrected chi connectivity index (χ1v) is 12.5. The lowest BCUT2D eigenvalue weighted by Crippen LogP contribution is -2.38. The number of oxazole rings is 1. The van der Waals surface area contributed by atoms with E-state index in [-0.39, 0.29) is 19.7 Å². The van der Waals surface area contributed by atoms with Crippen molar-refractivity contribution in [3.63, 3.8) is 0 Å². The maximum atomic E-state index is 12.9. The van der Waals surface area contributed by atoms with Gasteiger partial charge in [0, 0.05) is 18.6 Å². The van der Waals surface area contributed by atoms with Gasteiger partial charge in [0.1, 0.15) is 30.2 Å². The highest BCUT2D eigenvalue weighted by Gasteiger charge is 2.21. The van der Waals surface area contributed by atoms with Crippen molar-refractivity contribution in [2.24, 2.45) is 0 Å². The summed E-state index contributed by atoms with van der Waals surface area (Å²) in [5.74, 6) is 0.402. The molecule has 0 unspecified atom stereocenters. The Morgan fingerprint density at radius 2 is 1.79 bits per heavy atom. The number of ether oxygens (including phenoxy) is 3. The summed E-state index contributed by atoms with van der Waals surface area (Å²) in [5, 5.41) is 0.519. The number of carbonyl (C=O) groups excluding carboxylic acids is 2. The van der Waals surface area contributed by atoms with Crippen molar-refractivity contribution in [3.8, 4) is 11.5 Å². The van der Waals surface area contributed by atoms with E-state index in [9.17, 15) is 9.59 Å². The Hall–Kier alpha value is -4.24. The Bertz CT molecular complexity index is 1340. The number of nitrogens with zero attached hydrogens (tertiary/aromatic N) is 3. The van der Waals surface area contributed by atoms with Gasteiger partial charge in [-0.2, -0.15) is 4.98 Å². The smallest absolute Gasteiger partial charge is 0.416 e. The molecule has 1 amide bonds. The van der Waals surface area contributed by atoms with Crippen molar-refractivity contribution in [1.29, 1.82) is 0 Å². The number of halogens is 1. The van der Waals surface area contributed by atoms with Gasteiger partial charge in [-0.1, -0.05) is 35.9 Å². The van der Waals surface area contributed by atoms with Crippen molar-refractivity contribution >= 4 is 40.8 Å². The molecule has 10 heteroatoms. The van der Waals surface area contributed by atoms with Crippen molar-refractivity contribution < 1.29 is 28.2 Å². The number of carbonyl (C=O) groups is 2. The molecule has 0 saturated heterocycles. The molecule has 0 N–H and O–H groups in total. The topological polar surface area (TPSA) is 94.3 Å². The van der Waals surface area contributed by atoms with E-state index in [1.54, 1.807) is 31.2 Å². The molecular formula is C28H28ClN3O6. The minimum Gasteiger partial charge on any atom is -0.492 e. The molecule has 3 aromatic carbocycles. The van der Waals surface area contributed by atoms with Crippen LogP contribution in [-0.2, 0) is 16.1 Å². The maximum absolute atomic E-state index is 12.9. The van der Waals surface area contributed by atoms with Gasteiger partial charge < -0.3 is 23.5 Å². The molecule has 0 radical (unpaired) electrons. The molecule has 0 aliphatic heterocycles. The highest BCUT2D eigenvalue weighted by Crippen LogP contribution is 2.21. The van der Waals surface area contributed by atoms with E-state index in [0.29, 0.717) is 35.7 Å². The summed E-state index contributed by atoms with van der Waals surface area (Å²) in [7, 11) is 1.88. The van der Waals surface area contributed by atoms with Crippen molar-refractivity contribution in [2.45, 2.75) is 13.5 Å². The van der Waals surface area contributed by atoms with Crippen molar-refractivity contribution in [2.75, 3.05) is 38.3 Å². The van der Waals surface area contributed by atoms with Crippen LogP contribution in [0.5, 0.6) is 11.5 Å². The molecule has 0 aliphatic carbocycles. The number of likely N-dealkylation sites (N-methyl/N-ethyl adjacent to an activating group) is 1. The van der Waals surface area contributed by atoms with Crippen molar-refractivity contribution in [3.05, 3.63) is 83.4 Å². The summed E-state index contributed by atoms with van der Waals surface area (Å²) >= 11 is 5.90. The number of rotatable bonds is 11. The van der Waals surface area contributed by atoms with Crippen LogP contribution in [-0.4, -0.2) is 55.3 Å². The Morgan fingerprint density at radius 1 is 1.00 bits per heavy atom. The summed E-state index contributed by atoms with van der Waals surface area (Å²) in [4.78, 5) is 32.7. The predicted octanol–water partition coefficient (Wildman–Crippen LogP) is 5.56. The molecule has 0 saturated carbocycles. The molecule has 9 nitrogen and oxygen atoms in total. The highest BCUT2D eigenvalue weighted by molar-refractivity contribution is 6.30. The van der Waals surface area contributed by atoms with Gasteiger partial charge >= 0.3 is 12.1 Å². The number of benzene rings is 3. The third-order valence-electron chi connectivity index (χ3n) is 5.48. The molecule has 0 atom stereocenters. The second kappa shape index (κ2) is 12.8. The molecule has 198 valence electrons. The van der Waals surface area contributed by atoms with Gasteiger partial charge in [-0.25, -0.2) is 4.79 Å². The minimum absolute atomic E-state index is 0.116. The van der Waals surface area contributed by atoms with Crippen LogP contribution in [0.1, 0.15) is 12.5 Å². The van der Waals surface area contributed by atoms with E-state index in [1.807, 2.05) is 60.5 Å². The summed E-state index contributed by atoms with van der Waals surface area (Å²) in [6, 6.07) is 21.8. The molecule has 4 rings (SSSR count). The summed E-state index contributed by atoms with van der Waals surface area (Å²) in [5.41, 5.74) is 2.28. The molecule has 1 heterocycles. The number of hydrogen-bond donors (Lipinski definition) is 0.